The number of likely N-dealkylation sites (tertiary alicyclic amines) is 1. The number of hydrogen-bond donors (Lipinski definition) is 0. The first-order valence-electron chi connectivity index (χ1n) is 10.6. The van der Waals surface area contributed by atoms with Crippen LogP contribution in [0.4, 0.5) is 0 Å². The van der Waals surface area contributed by atoms with E-state index in [4.69, 9.17) is 18.9 Å². The fourth-order valence-corrected chi connectivity index (χ4v) is 4.66. The number of nitrogens with zero attached hydrogens (tertiary/aromatic N) is 2. The number of amides is 1. The van der Waals surface area contributed by atoms with Crippen LogP contribution in [0.5, 0.6) is 11.5 Å². The van der Waals surface area contributed by atoms with Gasteiger partial charge in [0.05, 0.1) is 26.2 Å². The molecule has 3 aliphatic rings. The Morgan fingerprint density at radius 2 is 1.69 bits per heavy atom. The molecule has 0 atom stereocenters. The Balaban J connectivity index is 1.37. The molecule has 3 aliphatic heterocycles. The summed E-state index contributed by atoms with van der Waals surface area (Å²) in [5, 5.41) is 0. The van der Waals surface area contributed by atoms with Gasteiger partial charge in [-0.3, -0.25) is 4.79 Å². The highest BCUT2D eigenvalue weighted by Crippen LogP contribution is 2.47. The molecule has 8 heteroatoms. The van der Waals surface area contributed by atoms with Crippen molar-refractivity contribution >= 4 is 17.9 Å². The molecule has 2 aromatic rings. The van der Waals surface area contributed by atoms with Gasteiger partial charge in [0.15, 0.2) is 11.5 Å². The Labute approximate surface area is 185 Å². The topological polar surface area (TPSA) is 86.7 Å². The third kappa shape index (κ3) is 3.36. The maximum absolute atomic E-state index is 12.6. The van der Waals surface area contributed by atoms with Gasteiger partial charge in [-0.15, -0.1) is 0 Å². The molecule has 3 heterocycles. The van der Waals surface area contributed by atoms with Gasteiger partial charge in [-0.05, 0) is 23.3 Å². The second-order valence-corrected chi connectivity index (χ2v) is 8.15. The minimum absolute atomic E-state index is 0.234. The third-order valence-corrected chi connectivity index (χ3v) is 6.40. The summed E-state index contributed by atoms with van der Waals surface area (Å²) < 4.78 is 22.6. The highest BCUT2D eigenvalue weighted by atomic mass is 16.6. The summed E-state index contributed by atoms with van der Waals surface area (Å²) >= 11 is 0. The number of rotatable bonds is 2. The molecule has 8 nitrogen and oxygen atoms in total. The molecule has 1 fully saturated rings. The average Bonchev–Trinajstić information content (AvgIpc) is 3.06. The van der Waals surface area contributed by atoms with Gasteiger partial charge in [-0.1, -0.05) is 24.3 Å². The summed E-state index contributed by atoms with van der Waals surface area (Å²) in [7, 11) is 3.10. The van der Waals surface area contributed by atoms with Gasteiger partial charge in [0, 0.05) is 31.5 Å². The first kappa shape index (κ1) is 20.4. The summed E-state index contributed by atoms with van der Waals surface area (Å²) in [5.41, 5.74) is 2.51. The summed E-state index contributed by atoms with van der Waals surface area (Å²) in [6, 6.07) is 11.6. The zero-order valence-corrected chi connectivity index (χ0v) is 18.1. The van der Waals surface area contributed by atoms with E-state index in [0.717, 1.165) is 16.7 Å². The smallest absolute Gasteiger partial charge is 0.339 e. The van der Waals surface area contributed by atoms with Gasteiger partial charge >= 0.3 is 5.97 Å². The van der Waals surface area contributed by atoms with E-state index in [9.17, 15) is 9.59 Å². The molecule has 0 saturated carbocycles. The Bertz CT molecular complexity index is 1120. The molecule has 5 rings (SSSR count). The van der Waals surface area contributed by atoms with Crippen molar-refractivity contribution in [2.45, 2.75) is 31.5 Å². The molecule has 0 N–H and O–H groups in total. The van der Waals surface area contributed by atoms with E-state index in [1.54, 1.807) is 13.2 Å². The molecule has 0 unspecified atom stereocenters. The number of piperidine rings is 1. The molecule has 32 heavy (non-hydrogen) atoms. The van der Waals surface area contributed by atoms with Crippen molar-refractivity contribution in [2.75, 3.05) is 27.3 Å². The van der Waals surface area contributed by atoms with E-state index in [2.05, 4.69) is 4.99 Å². The van der Waals surface area contributed by atoms with Crippen LogP contribution in [0.1, 0.15) is 39.9 Å². The molecule has 1 spiro atoms. The maximum Gasteiger partial charge on any atom is 0.339 e. The van der Waals surface area contributed by atoms with Crippen molar-refractivity contribution in [1.82, 2.24) is 4.90 Å². The summed E-state index contributed by atoms with van der Waals surface area (Å²) in [5.74, 6) is 0.458. The van der Waals surface area contributed by atoms with Crippen molar-refractivity contribution in [3.05, 3.63) is 58.7 Å². The molecule has 166 valence electrons. The van der Waals surface area contributed by atoms with Gasteiger partial charge < -0.3 is 23.8 Å². The number of ether oxygens (including phenoxy) is 4. The first-order chi connectivity index (χ1) is 15.5. The summed E-state index contributed by atoms with van der Waals surface area (Å²) in [4.78, 5) is 31.2. The van der Waals surface area contributed by atoms with Gasteiger partial charge in [0.2, 0.25) is 0 Å². The molecule has 1 amide bonds. The zero-order valence-electron chi connectivity index (χ0n) is 18.1. The van der Waals surface area contributed by atoms with Gasteiger partial charge in [0.1, 0.15) is 12.2 Å². The van der Waals surface area contributed by atoms with Crippen LogP contribution >= 0.6 is 0 Å². The van der Waals surface area contributed by atoms with Gasteiger partial charge in [0.25, 0.3) is 11.9 Å². The molecule has 1 saturated heterocycles. The Hall–Kier alpha value is -3.55. The van der Waals surface area contributed by atoms with Crippen molar-refractivity contribution in [1.29, 1.82) is 0 Å². The second-order valence-electron chi connectivity index (χ2n) is 8.15. The summed E-state index contributed by atoms with van der Waals surface area (Å²) in [6.07, 6.45) is 1.36. The Morgan fingerprint density at radius 3 is 2.41 bits per heavy atom. The Morgan fingerprint density at radius 1 is 1.00 bits per heavy atom. The normalized spacial score (nSPS) is 20.8. The predicted molar refractivity (Wildman–Crippen MR) is 115 cm³/mol. The van der Waals surface area contributed by atoms with E-state index in [-0.39, 0.29) is 18.3 Å². The number of carbonyl (C=O) groups is 2. The average molecular weight is 436 g/mol. The van der Waals surface area contributed by atoms with Crippen molar-refractivity contribution < 1.29 is 28.5 Å². The standard InChI is InChI=1S/C24H24N2O6/c1-29-19-12-17-18(13-20(19)30-2)24(32-22(17)28)7-9-26(10-8-24)23-25-21(27)11-15-5-3-4-6-16(15)14-31-23/h3-6,12-13H,7-11,14H2,1-2H3/b25-23-. The molecular formula is C24H24N2O6. The monoisotopic (exact) mass is 436 g/mol. The molecular weight excluding hydrogens is 412 g/mol. The number of hydrogen-bond acceptors (Lipinski definition) is 7. The second kappa shape index (κ2) is 7.85. The SMILES string of the molecule is COc1cc2c(cc1OC)C1(CCN(/C3=N/C(=O)Cc4ccccc4CO3)CC1)OC2=O. The van der Waals surface area contributed by atoms with Crippen LogP contribution in [-0.4, -0.2) is 50.1 Å². The summed E-state index contributed by atoms with van der Waals surface area (Å²) in [6.45, 7) is 1.43. The van der Waals surface area contributed by atoms with E-state index in [1.165, 1.54) is 7.11 Å². The first-order valence-corrected chi connectivity index (χ1v) is 10.6. The fourth-order valence-electron chi connectivity index (χ4n) is 4.66. The number of fused-ring (bicyclic) bond motifs is 3. The number of aliphatic imine (C=N–C) groups is 1. The number of methoxy groups -OCH3 is 2. The van der Waals surface area contributed by atoms with Crippen LogP contribution < -0.4 is 9.47 Å². The predicted octanol–water partition coefficient (Wildman–Crippen LogP) is 2.82. The molecule has 0 aliphatic carbocycles. The largest absolute Gasteiger partial charge is 0.493 e. The molecule has 2 aromatic carbocycles. The number of esters is 1. The number of amidine groups is 1. The fraction of sp³-hybridized carbons (Fsp3) is 0.375. The quantitative estimate of drug-likeness (QED) is 0.669. The number of carbonyl (C=O) groups excluding carboxylic acids is 2. The van der Waals surface area contributed by atoms with E-state index >= 15 is 0 Å². The third-order valence-electron chi connectivity index (χ3n) is 6.40. The highest BCUT2D eigenvalue weighted by molar-refractivity contribution is 5.96. The molecule has 0 bridgehead atoms. The lowest BCUT2D eigenvalue weighted by Gasteiger charge is -2.39. The van der Waals surface area contributed by atoms with E-state index in [1.807, 2.05) is 35.2 Å². The minimum atomic E-state index is -0.735. The maximum atomic E-state index is 12.6. The van der Waals surface area contributed by atoms with Gasteiger partial charge in [-0.2, -0.15) is 4.99 Å². The lowest BCUT2D eigenvalue weighted by Crippen LogP contribution is -2.46. The van der Waals surface area contributed by atoms with Crippen LogP contribution in [-0.2, 0) is 32.9 Å². The minimum Gasteiger partial charge on any atom is -0.493 e. The number of benzene rings is 2. The van der Waals surface area contributed by atoms with Crippen molar-refractivity contribution in [2.24, 2.45) is 4.99 Å². The van der Waals surface area contributed by atoms with Crippen molar-refractivity contribution in [3.8, 4) is 11.5 Å². The van der Waals surface area contributed by atoms with E-state index < -0.39 is 5.60 Å². The zero-order chi connectivity index (χ0) is 22.3. The van der Waals surface area contributed by atoms with Crippen molar-refractivity contribution in [3.63, 3.8) is 0 Å². The van der Waals surface area contributed by atoms with Crippen LogP contribution in [0.25, 0.3) is 0 Å². The molecule has 0 radical (unpaired) electrons. The van der Waals surface area contributed by atoms with Crippen LogP contribution in [0.15, 0.2) is 41.4 Å². The van der Waals surface area contributed by atoms with Gasteiger partial charge in [-0.25, -0.2) is 4.79 Å². The van der Waals surface area contributed by atoms with Crippen LogP contribution in [0.2, 0.25) is 0 Å². The van der Waals surface area contributed by atoms with Crippen LogP contribution in [0, 0.1) is 0 Å². The Kier molecular flexibility index (Phi) is 5.00. The highest BCUT2D eigenvalue weighted by Gasteiger charge is 2.48. The van der Waals surface area contributed by atoms with E-state index in [0.29, 0.717) is 55.6 Å². The van der Waals surface area contributed by atoms with Crippen LogP contribution in [0.3, 0.4) is 0 Å². The lowest BCUT2D eigenvalue weighted by atomic mass is 9.83. The lowest BCUT2D eigenvalue weighted by molar-refractivity contribution is -0.117. The molecule has 0 aromatic heterocycles.